The maximum atomic E-state index is 14.4. The number of nitrogens with one attached hydrogen (secondary N) is 3. The minimum absolute atomic E-state index is 0.231. The number of aromatic amines is 1. The molecule has 0 radical (unpaired) electrons. The van der Waals surface area contributed by atoms with E-state index < -0.39 is 5.82 Å². The first-order valence-corrected chi connectivity index (χ1v) is 10.3. The first-order chi connectivity index (χ1) is 14.9. The van der Waals surface area contributed by atoms with Gasteiger partial charge in [-0.3, -0.25) is 4.79 Å². The lowest BCUT2D eigenvalue weighted by atomic mass is 10.1. The molecule has 3 aromatic heterocycles. The Morgan fingerprint density at radius 3 is 2.77 bits per heavy atom. The highest BCUT2D eigenvalue weighted by molar-refractivity contribution is 6.13. The highest BCUT2D eigenvalue weighted by Crippen LogP contribution is 2.29. The van der Waals surface area contributed by atoms with Crippen LogP contribution in [0.15, 0.2) is 36.9 Å². The quantitative estimate of drug-likeness (QED) is 0.473. The van der Waals surface area contributed by atoms with Gasteiger partial charge in [0.2, 0.25) is 0 Å². The van der Waals surface area contributed by atoms with Crippen molar-refractivity contribution < 1.29 is 9.18 Å². The third-order valence-electron chi connectivity index (χ3n) is 5.59. The van der Waals surface area contributed by atoms with Crippen molar-refractivity contribution in [2.45, 2.75) is 32.9 Å². The number of aromatic nitrogens is 4. The maximum Gasteiger partial charge on any atom is 0.257 e. The molecular weight excluding hydrogens is 397 g/mol. The number of aryl methyl sites for hydroxylation is 1. The number of carbonyl (C=O) groups excluding carboxylic acids is 1. The van der Waals surface area contributed by atoms with Gasteiger partial charge in [0.25, 0.3) is 5.91 Å². The van der Waals surface area contributed by atoms with Crippen molar-refractivity contribution in [3.63, 3.8) is 0 Å². The minimum Gasteiger partial charge on any atom is -0.367 e. The highest BCUT2D eigenvalue weighted by atomic mass is 19.1. The molecule has 5 rings (SSSR count). The SMILES string of the molecule is Cc1cn2cc(NC(=O)c3ccc(N4C[C@@H](C)N[C@H](C)C4)c4[nH]cnc34)cc(F)c2n1. The van der Waals surface area contributed by atoms with Gasteiger partial charge >= 0.3 is 0 Å². The molecule has 1 fully saturated rings. The number of halogens is 1. The van der Waals surface area contributed by atoms with Gasteiger partial charge in [-0.2, -0.15) is 0 Å². The number of pyridine rings is 1. The van der Waals surface area contributed by atoms with Gasteiger partial charge in [-0.25, -0.2) is 14.4 Å². The van der Waals surface area contributed by atoms with E-state index in [0.717, 1.165) is 24.3 Å². The van der Waals surface area contributed by atoms with E-state index in [1.165, 1.54) is 6.07 Å². The second-order valence-electron chi connectivity index (χ2n) is 8.28. The number of hydrogen-bond donors (Lipinski definition) is 3. The number of amides is 1. The number of rotatable bonds is 3. The van der Waals surface area contributed by atoms with E-state index >= 15 is 0 Å². The summed E-state index contributed by atoms with van der Waals surface area (Å²) < 4.78 is 15.9. The summed E-state index contributed by atoms with van der Waals surface area (Å²) in [6.45, 7) is 7.85. The summed E-state index contributed by atoms with van der Waals surface area (Å²) in [7, 11) is 0. The van der Waals surface area contributed by atoms with Gasteiger partial charge in [-0.15, -0.1) is 0 Å². The average molecular weight is 421 g/mol. The fraction of sp³-hybridized carbons (Fsp3) is 0.318. The number of benzene rings is 1. The van der Waals surface area contributed by atoms with Gasteiger partial charge in [-0.1, -0.05) is 0 Å². The first-order valence-electron chi connectivity index (χ1n) is 10.3. The zero-order valence-electron chi connectivity index (χ0n) is 17.6. The number of fused-ring (bicyclic) bond motifs is 2. The van der Waals surface area contributed by atoms with Crippen LogP contribution in [-0.2, 0) is 0 Å². The van der Waals surface area contributed by atoms with Crippen LogP contribution in [0.2, 0.25) is 0 Å². The molecular formula is C22H24FN7O. The molecule has 0 unspecified atom stereocenters. The zero-order chi connectivity index (χ0) is 21.7. The molecule has 1 saturated heterocycles. The van der Waals surface area contributed by atoms with Gasteiger partial charge in [0.1, 0.15) is 5.52 Å². The molecule has 8 nitrogen and oxygen atoms in total. The van der Waals surface area contributed by atoms with Crippen molar-refractivity contribution in [1.82, 2.24) is 24.7 Å². The molecule has 4 aromatic rings. The predicted molar refractivity (Wildman–Crippen MR) is 118 cm³/mol. The molecule has 1 aliphatic rings. The van der Waals surface area contributed by atoms with Crippen molar-refractivity contribution in [3.05, 3.63) is 54.0 Å². The largest absolute Gasteiger partial charge is 0.367 e. The maximum absolute atomic E-state index is 14.4. The van der Waals surface area contributed by atoms with Crippen molar-refractivity contribution in [3.8, 4) is 0 Å². The number of H-pyrrole nitrogens is 1. The fourth-order valence-electron chi connectivity index (χ4n) is 4.43. The van der Waals surface area contributed by atoms with E-state index in [9.17, 15) is 9.18 Å². The summed E-state index contributed by atoms with van der Waals surface area (Å²) >= 11 is 0. The van der Waals surface area contributed by atoms with E-state index in [2.05, 4.69) is 44.3 Å². The first kappa shape index (κ1) is 19.5. The zero-order valence-corrected chi connectivity index (χ0v) is 17.6. The third kappa shape index (κ3) is 3.50. The normalized spacial score (nSPS) is 19.3. The van der Waals surface area contributed by atoms with E-state index in [1.807, 2.05) is 6.07 Å². The topological polar surface area (TPSA) is 90.3 Å². The Labute approximate surface area is 178 Å². The van der Waals surface area contributed by atoms with Crippen molar-refractivity contribution >= 4 is 34.0 Å². The second kappa shape index (κ2) is 7.35. The number of anilines is 2. The van der Waals surface area contributed by atoms with Crippen LogP contribution >= 0.6 is 0 Å². The Morgan fingerprint density at radius 1 is 1.23 bits per heavy atom. The van der Waals surface area contributed by atoms with E-state index in [0.29, 0.717) is 34.5 Å². The summed E-state index contributed by atoms with van der Waals surface area (Å²) in [5.41, 5.74) is 4.14. The van der Waals surface area contributed by atoms with Gasteiger partial charge in [-0.05, 0) is 32.9 Å². The Morgan fingerprint density at radius 2 is 2.00 bits per heavy atom. The Kier molecular flexibility index (Phi) is 4.62. The lowest BCUT2D eigenvalue weighted by molar-refractivity contribution is 0.102. The van der Waals surface area contributed by atoms with Crippen LogP contribution in [-0.4, -0.2) is 50.4 Å². The lowest BCUT2D eigenvalue weighted by Crippen LogP contribution is -2.54. The molecule has 2 atom stereocenters. The summed E-state index contributed by atoms with van der Waals surface area (Å²) in [4.78, 5) is 27.1. The Bertz CT molecular complexity index is 1280. The van der Waals surface area contributed by atoms with Gasteiger partial charge < -0.3 is 24.9 Å². The van der Waals surface area contributed by atoms with Crippen LogP contribution in [0.3, 0.4) is 0 Å². The van der Waals surface area contributed by atoms with E-state index in [4.69, 9.17) is 0 Å². The van der Waals surface area contributed by atoms with E-state index in [1.54, 1.807) is 36.1 Å². The smallest absolute Gasteiger partial charge is 0.257 e. The molecule has 0 saturated carbocycles. The predicted octanol–water partition coefficient (Wildman–Crippen LogP) is 3.10. The summed E-state index contributed by atoms with van der Waals surface area (Å²) in [5.74, 6) is -0.839. The number of hydrogen-bond acceptors (Lipinski definition) is 5. The van der Waals surface area contributed by atoms with Crippen LogP contribution in [0, 0.1) is 12.7 Å². The van der Waals surface area contributed by atoms with Crippen molar-refractivity contribution in [2.24, 2.45) is 0 Å². The monoisotopic (exact) mass is 421 g/mol. The van der Waals surface area contributed by atoms with Gasteiger partial charge in [0, 0.05) is 43.6 Å². The standard InChI is InChI=1S/C22H24FN7O/c1-12-7-29(8-13(2)26-12)18-5-4-16(19-20(18)25-11-24-19)22(31)28-15-6-17(23)21-27-14(3)9-30(21)10-15/h4-6,9-13,26H,7-8H2,1-3H3,(H,24,25)(H,28,31)/t12-,13-/m1/s1. The summed E-state index contributed by atoms with van der Waals surface area (Å²) in [6.07, 6.45) is 4.96. The molecule has 1 amide bonds. The molecule has 31 heavy (non-hydrogen) atoms. The second-order valence-corrected chi connectivity index (χ2v) is 8.28. The minimum atomic E-state index is -0.492. The lowest BCUT2D eigenvalue weighted by Gasteiger charge is -2.37. The molecule has 160 valence electrons. The van der Waals surface area contributed by atoms with Gasteiger partial charge in [0.15, 0.2) is 11.5 Å². The summed E-state index contributed by atoms with van der Waals surface area (Å²) in [5, 5.41) is 6.32. The molecule has 0 spiro atoms. The van der Waals surface area contributed by atoms with Crippen LogP contribution in [0.1, 0.15) is 29.9 Å². The average Bonchev–Trinajstić information content (AvgIpc) is 3.33. The number of nitrogens with zero attached hydrogens (tertiary/aromatic N) is 4. The molecule has 0 bridgehead atoms. The van der Waals surface area contributed by atoms with Gasteiger partial charge in [0.05, 0.1) is 34.5 Å². The highest BCUT2D eigenvalue weighted by Gasteiger charge is 2.24. The number of imidazole rings is 2. The third-order valence-corrected chi connectivity index (χ3v) is 5.59. The number of piperazine rings is 1. The van der Waals surface area contributed by atoms with Crippen LogP contribution in [0.4, 0.5) is 15.8 Å². The van der Waals surface area contributed by atoms with Crippen LogP contribution < -0.4 is 15.5 Å². The fourth-order valence-corrected chi connectivity index (χ4v) is 4.43. The van der Waals surface area contributed by atoms with E-state index in [-0.39, 0.29) is 11.6 Å². The molecule has 1 aromatic carbocycles. The molecule has 9 heteroatoms. The Hall–Kier alpha value is -3.46. The molecule has 1 aliphatic heterocycles. The number of carbonyl (C=O) groups is 1. The van der Waals surface area contributed by atoms with Crippen LogP contribution in [0.5, 0.6) is 0 Å². The molecule has 4 heterocycles. The van der Waals surface area contributed by atoms with Crippen molar-refractivity contribution in [2.75, 3.05) is 23.3 Å². The van der Waals surface area contributed by atoms with Crippen LogP contribution in [0.25, 0.3) is 16.7 Å². The Balaban J connectivity index is 1.47. The molecule has 0 aliphatic carbocycles. The molecule has 3 N–H and O–H groups in total. The summed E-state index contributed by atoms with van der Waals surface area (Å²) in [6, 6.07) is 5.73. The van der Waals surface area contributed by atoms with Crippen molar-refractivity contribution in [1.29, 1.82) is 0 Å².